The minimum Gasteiger partial charge on any atom is -0.493 e. The molecule has 0 aliphatic carbocycles. The number of aryl methyl sites for hydroxylation is 1. The van der Waals surface area contributed by atoms with E-state index in [1.165, 1.54) is 0 Å². The Balaban J connectivity index is 1.22. The van der Waals surface area contributed by atoms with E-state index in [1.807, 2.05) is 37.3 Å². The van der Waals surface area contributed by atoms with E-state index in [0.717, 1.165) is 22.5 Å². The molecule has 0 amide bonds. The summed E-state index contributed by atoms with van der Waals surface area (Å²) >= 11 is 6.13. The summed E-state index contributed by atoms with van der Waals surface area (Å²) in [6.45, 7) is 1.97. The molecule has 0 bridgehead atoms. The van der Waals surface area contributed by atoms with E-state index in [-0.39, 0.29) is 6.61 Å². The number of nitrogens with zero attached hydrogens (tertiary/aromatic N) is 7. The zero-order chi connectivity index (χ0) is 29.5. The van der Waals surface area contributed by atoms with Gasteiger partial charge in [-0.15, -0.1) is 5.10 Å². The first kappa shape index (κ1) is 26.5. The van der Waals surface area contributed by atoms with Crippen LogP contribution in [-0.4, -0.2) is 49.8 Å². The van der Waals surface area contributed by atoms with Crippen LogP contribution in [0, 0.1) is 6.92 Å². The third-order valence-corrected chi connectivity index (χ3v) is 7.29. The highest BCUT2D eigenvalue weighted by Crippen LogP contribution is 2.49. The topological polar surface area (TPSA) is 123 Å². The Labute approximate surface area is 250 Å². The fourth-order valence-corrected chi connectivity index (χ4v) is 5.23. The maximum absolute atomic E-state index is 6.40. The monoisotopic (exact) mass is 597 g/mol. The zero-order valence-electron chi connectivity index (χ0n) is 23.3. The molecule has 1 aliphatic rings. The van der Waals surface area contributed by atoms with Crippen molar-refractivity contribution in [3.63, 3.8) is 0 Å². The first-order valence-electron chi connectivity index (χ1n) is 13.2. The predicted molar refractivity (Wildman–Crippen MR) is 156 cm³/mol. The molecule has 5 heterocycles. The van der Waals surface area contributed by atoms with Gasteiger partial charge in [0.25, 0.3) is 0 Å². The molecule has 7 rings (SSSR count). The normalized spacial score (nSPS) is 14.0. The lowest BCUT2D eigenvalue weighted by Crippen LogP contribution is -2.15. The summed E-state index contributed by atoms with van der Waals surface area (Å²) in [5.74, 6) is 2.85. The first-order valence-corrected chi connectivity index (χ1v) is 13.6. The Morgan fingerprint density at radius 2 is 1.86 bits per heavy atom. The van der Waals surface area contributed by atoms with E-state index >= 15 is 0 Å². The summed E-state index contributed by atoms with van der Waals surface area (Å²) < 4.78 is 26.3. The van der Waals surface area contributed by atoms with E-state index in [1.54, 1.807) is 66.5 Å². The molecule has 13 heteroatoms. The van der Waals surface area contributed by atoms with Gasteiger partial charge in [-0.3, -0.25) is 0 Å². The van der Waals surface area contributed by atoms with Crippen molar-refractivity contribution in [2.75, 3.05) is 14.2 Å². The number of rotatable bonds is 8. The Hall–Kier alpha value is -5.36. The average molecular weight is 598 g/mol. The van der Waals surface area contributed by atoms with Gasteiger partial charge in [0.1, 0.15) is 12.1 Å². The molecule has 43 heavy (non-hydrogen) atoms. The Morgan fingerprint density at radius 1 is 1.02 bits per heavy atom. The van der Waals surface area contributed by atoms with Crippen molar-refractivity contribution < 1.29 is 23.5 Å². The van der Waals surface area contributed by atoms with Crippen molar-refractivity contribution in [3.05, 3.63) is 106 Å². The molecule has 1 atom stereocenters. The van der Waals surface area contributed by atoms with Crippen molar-refractivity contribution in [3.8, 4) is 28.9 Å². The number of halogens is 1. The Bertz CT molecular complexity index is 1970. The van der Waals surface area contributed by atoms with Crippen LogP contribution in [-0.2, 0) is 11.4 Å². The highest BCUT2D eigenvalue weighted by molar-refractivity contribution is 6.30. The van der Waals surface area contributed by atoms with Crippen molar-refractivity contribution in [1.29, 1.82) is 0 Å². The van der Waals surface area contributed by atoms with Gasteiger partial charge in [0, 0.05) is 10.6 Å². The summed E-state index contributed by atoms with van der Waals surface area (Å²) in [5, 5.41) is 14.1. The Kier molecular flexibility index (Phi) is 6.67. The number of fused-ring (bicyclic) bond motifs is 4. The van der Waals surface area contributed by atoms with Crippen LogP contribution in [0.15, 0.2) is 76.8 Å². The minimum atomic E-state index is -0.396. The van der Waals surface area contributed by atoms with Crippen molar-refractivity contribution in [2.24, 2.45) is 5.16 Å². The van der Waals surface area contributed by atoms with E-state index < -0.39 is 5.92 Å². The molecule has 6 aromatic rings. The fraction of sp³-hybridized carbons (Fsp3) is 0.167. The molecule has 0 saturated heterocycles. The summed E-state index contributed by atoms with van der Waals surface area (Å²) in [6.07, 6.45) is 4.76. The number of oxime groups is 1. The Morgan fingerprint density at radius 3 is 2.63 bits per heavy atom. The van der Waals surface area contributed by atoms with Gasteiger partial charge in [0.05, 0.1) is 55.1 Å². The number of methoxy groups -OCH3 is 2. The number of furan rings is 1. The molecule has 0 unspecified atom stereocenters. The highest BCUT2D eigenvalue weighted by Gasteiger charge is 2.39. The molecular weight excluding hydrogens is 574 g/mol. The third-order valence-electron chi connectivity index (χ3n) is 7.04. The van der Waals surface area contributed by atoms with Crippen molar-refractivity contribution in [1.82, 2.24) is 29.4 Å². The van der Waals surface area contributed by atoms with Crippen LogP contribution in [0.2, 0.25) is 5.02 Å². The van der Waals surface area contributed by atoms with Crippen molar-refractivity contribution in [2.45, 2.75) is 19.4 Å². The van der Waals surface area contributed by atoms with Crippen LogP contribution in [0.25, 0.3) is 11.3 Å². The molecule has 0 fully saturated rings. The van der Waals surface area contributed by atoms with E-state index in [0.29, 0.717) is 51.1 Å². The molecular formula is C30H24ClN7O5. The average Bonchev–Trinajstić information content (AvgIpc) is 3.78. The van der Waals surface area contributed by atoms with Crippen LogP contribution in [0.5, 0.6) is 23.3 Å². The lowest BCUT2D eigenvalue weighted by molar-refractivity contribution is 0.126. The van der Waals surface area contributed by atoms with E-state index in [9.17, 15) is 0 Å². The quantitative estimate of drug-likeness (QED) is 0.160. The van der Waals surface area contributed by atoms with Crippen LogP contribution < -0.4 is 14.2 Å². The fourth-order valence-electron chi connectivity index (χ4n) is 5.11. The number of benzene rings is 2. The summed E-state index contributed by atoms with van der Waals surface area (Å²) in [6, 6.07) is 16.6. The minimum absolute atomic E-state index is 0.0330. The van der Waals surface area contributed by atoms with Gasteiger partial charge in [-0.25, -0.2) is 19.2 Å². The lowest BCUT2D eigenvalue weighted by Gasteiger charge is -2.24. The second kappa shape index (κ2) is 10.8. The van der Waals surface area contributed by atoms with Gasteiger partial charge in [-0.05, 0) is 61.5 Å². The molecule has 0 radical (unpaired) electrons. The summed E-state index contributed by atoms with van der Waals surface area (Å²) in [5.41, 5.74) is 4.45. The first-order chi connectivity index (χ1) is 21.0. The standard InChI is InChI=1S/C30H24ClN7O5/c1-17-25-26(22-5-4-12-41-22)27-28-34-24(15-42-33-14-18-6-11-21(39-2)23(13-18)40-3)36-37(28)16-32-29(27)43-30(25)38(35-17)20-9-7-19(31)8-10-20/h4-14,16,26H,15H2,1-3H3/b33-14-/t26-/m0/s1. The van der Waals surface area contributed by atoms with Crippen molar-refractivity contribution >= 4 is 23.5 Å². The maximum Gasteiger partial charge on any atom is 0.230 e. The van der Waals surface area contributed by atoms with Crippen LogP contribution >= 0.6 is 11.6 Å². The second-order valence-electron chi connectivity index (χ2n) is 9.62. The predicted octanol–water partition coefficient (Wildman–Crippen LogP) is 5.72. The number of aromatic nitrogens is 6. The van der Waals surface area contributed by atoms with E-state index in [4.69, 9.17) is 45.1 Å². The largest absolute Gasteiger partial charge is 0.493 e. The molecule has 0 N–H and O–H groups in total. The molecule has 2 aromatic carbocycles. The summed E-state index contributed by atoms with van der Waals surface area (Å²) in [7, 11) is 3.16. The lowest BCUT2D eigenvalue weighted by atomic mass is 9.88. The van der Waals surface area contributed by atoms with E-state index in [2.05, 4.69) is 15.2 Å². The number of hydrogen-bond donors (Lipinski definition) is 0. The third kappa shape index (κ3) is 4.71. The molecule has 1 aliphatic heterocycles. The van der Waals surface area contributed by atoms with Gasteiger partial charge in [-0.2, -0.15) is 5.10 Å². The number of ether oxygens (including phenoxy) is 3. The number of hydrogen-bond acceptors (Lipinski definition) is 10. The molecule has 0 spiro atoms. The van der Waals surface area contributed by atoms with Gasteiger partial charge < -0.3 is 23.5 Å². The smallest absolute Gasteiger partial charge is 0.230 e. The molecule has 4 aromatic heterocycles. The summed E-state index contributed by atoms with van der Waals surface area (Å²) in [4.78, 5) is 14.9. The second-order valence-corrected chi connectivity index (χ2v) is 10.1. The van der Waals surface area contributed by atoms with Crippen LogP contribution in [0.3, 0.4) is 0 Å². The maximum atomic E-state index is 6.40. The van der Waals surface area contributed by atoms with Gasteiger partial charge in [0.2, 0.25) is 11.8 Å². The van der Waals surface area contributed by atoms with Gasteiger partial charge in [0.15, 0.2) is 29.6 Å². The molecule has 0 saturated carbocycles. The SMILES string of the molecule is COc1ccc(/C=N\OCc2nc3c4c(ncn3n2)Oc2c(c(C)nn2-c2ccc(Cl)cc2)[C@@H]4c2ccco2)cc1OC. The van der Waals surface area contributed by atoms with Crippen LogP contribution in [0.1, 0.15) is 39.9 Å². The molecule has 216 valence electrons. The highest BCUT2D eigenvalue weighted by atomic mass is 35.5. The van der Waals surface area contributed by atoms with Crippen LogP contribution in [0.4, 0.5) is 0 Å². The zero-order valence-corrected chi connectivity index (χ0v) is 24.0. The van der Waals surface area contributed by atoms with Gasteiger partial charge in [-0.1, -0.05) is 16.8 Å². The molecule has 12 nitrogen and oxygen atoms in total. The van der Waals surface area contributed by atoms with Gasteiger partial charge >= 0.3 is 0 Å².